The zero-order valence-corrected chi connectivity index (χ0v) is 22.3. The maximum Gasteiger partial charge on any atom is 0.303 e. The lowest BCUT2D eigenvalue weighted by Gasteiger charge is -2.34. The smallest absolute Gasteiger partial charge is 0.303 e. The molecular formula is C29H32N6O3. The van der Waals surface area contributed by atoms with Gasteiger partial charge in [0.25, 0.3) is 0 Å². The number of hydrogen-bond acceptors (Lipinski definition) is 8. The van der Waals surface area contributed by atoms with Crippen molar-refractivity contribution in [3.05, 3.63) is 58.9 Å². The van der Waals surface area contributed by atoms with Gasteiger partial charge in [0.1, 0.15) is 24.0 Å². The predicted molar refractivity (Wildman–Crippen MR) is 144 cm³/mol. The van der Waals surface area contributed by atoms with Crippen LogP contribution in [0.1, 0.15) is 55.7 Å². The zero-order chi connectivity index (χ0) is 26.4. The second-order valence-corrected chi connectivity index (χ2v) is 11.0. The minimum absolute atomic E-state index is 0.0760. The van der Waals surface area contributed by atoms with E-state index in [1.165, 1.54) is 12.5 Å². The van der Waals surface area contributed by atoms with Crippen molar-refractivity contribution >= 4 is 23.0 Å². The molecule has 0 saturated carbocycles. The van der Waals surface area contributed by atoms with Crippen molar-refractivity contribution in [1.29, 1.82) is 0 Å². The fraction of sp³-hybridized carbons (Fsp3) is 0.414. The Morgan fingerprint density at radius 1 is 1.18 bits per heavy atom. The van der Waals surface area contributed by atoms with E-state index in [4.69, 9.17) is 19.4 Å². The van der Waals surface area contributed by atoms with Gasteiger partial charge in [-0.1, -0.05) is 19.9 Å². The first-order valence-corrected chi connectivity index (χ1v) is 13.1. The first-order chi connectivity index (χ1) is 18.2. The summed E-state index contributed by atoms with van der Waals surface area (Å²) in [6.07, 6.45) is 4.72. The van der Waals surface area contributed by atoms with Crippen molar-refractivity contribution in [3.8, 4) is 16.9 Å². The number of ether oxygens (including phenoxy) is 2. The van der Waals surface area contributed by atoms with E-state index in [9.17, 15) is 4.79 Å². The molecule has 9 nitrogen and oxygen atoms in total. The summed E-state index contributed by atoms with van der Waals surface area (Å²) in [6.45, 7) is 9.91. The lowest BCUT2D eigenvalue weighted by molar-refractivity contribution is -0.142. The van der Waals surface area contributed by atoms with Crippen LogP contribution in [0.15, 0.2) is 30.5 Å². The van der Waals surface area contributed by atoms with Crippen molar-refractivity contribution in [2.45, 2.75) is 60.1 Å². The van der Waals surface area contributed by atoms with Crippen LogP contribution in [-0.2, 0) is 35.5 Å². The molecule has 38 heavy (non-hydrogen) atoms. The SMILES string of the molecule is CC(=O)OCc1nc2c(c(N3CCOc4ccc(-c5cnc6nc(C)[nH]c6c5)cc4C3)n1)CC(C)(C)CC2. The summed E-state index contributed by atoms with van der Waals surface area (Å²) in [6, 6.07) is 8.38. The summed E-state index contributed by atoms with van der Waals surface area (Å²) in [5, 5.41) is 0. The predicted octanol–water partition coefficient (Wildman–Crippen LogP) is 4.70. The molecule has 4 aromatic rings. The third-order valence-corrected chi connectivity index (χ3v) is 7.34. The molecule has 3 aromatic heterocycles. The Balaban J connectivity index is 1.37. The summed E-state index contributed by atoms with van der Waals surface area (Å²) in [5.74, 6) is 2.85. The van der Waals surface area contributed by atoms with Gasteiger partial charge in [0, 0.05) is 42.0 Å². The van der Waals surface area contributed by atoms with Crippen LogP contribution in [0.3, 0.4) is 0 Å². The Morgan fingerprint density at radius 3 is 2.89 bits per heavy atom. The second-order valence-electron chi connectivity index (χ2n) is 11.0. The number of anilines is 1. The highest BCUT2D eigenvalue weighted by Gasteiger charge is 2.31. The van der Waals surface area contributed by atoms with E-state index in [-0.39, 0.29) is 18.0 Å². The highest BCUT2D eigenvalue weighted by molar-refractivity contribution is 5.78. The van der Waals surface area contributed by atoms with Crippen molar-refractivity contribution in [3.63, 3.8) is 0 Å². The molecule has 0 bridgehead atoms. The molecule has 0 fully saturated rings. The Morgan fingerprint density at radius 2 is 2.05 bits per heavy atom. The average molecular weight is 513 g/mol. The van der Waals surface area contributed by atoms with E-state index in [1.807, 2.05) is 19.2 Å². The van der Waals surface area contributed by atoms with E-state index < -0.39 is 0 Å². The zero-order valence-electron chi connectivity index (χ0n) is 22.3. The number of imidazole rings is 1. The number of pyridine rings is 1. The maximum absolute atomic E-state index is 11.5. The second kappa shape index (κ2) is 9.38. The van der Waals surface area contributed by atoms with Gasteiger partial charge < -0.3 is 19.4 Å². The highest BCUT2D eigenvalue weighted by Crippen LogP contribution is 2.39. The van der Waals surface area contributed by atoms with Crippen LogP contribution in [0, 0.1) is 12.3 Å². The minimum atomic E-state index is -0.336. The van der Waals surface area contributed by atoms with Gasteiger partial charge in [0.15, 0.2) is 18.1 Å². The van der Waals surface area contributed by atoms with Crippen LogP contribution in [-0.4, -0.2) is 44.0 Å². The molecule has 0 saturated heterocycles. The molecular weight excluding hydrogens is 480 g/mol. The van der Waals surface area contributed by atoms with E-state index in [0.29, 0.717) is 25.5 Å². The van der Waals surface area contributed by atoms with Gasteiger partial charge in [-0.2, -0.15) is 0 Å². The molecule has 1 aliphatic heterocycles. The van der Waals surface area contributed by atoms with Crippen LogP contribution in [0.4, 0.5) is 5.82 Å². The number of aryl methyl sites for hydroxylation is 2. The maximum atomic E-state index is 11.5. The molecule has 196 valence electrons. The summed E-state index contributed by atoms with van der Waals surface area (Å²) < 4.78 is 11.4. The summed E-state index contributed by atoms with van der Waals surface area (Å²) in [5.41, 5.74) is 7.24. The topological polar surface area (TPSA) is 106 Å². The molecule has 1 aromatic carbocycles. The lowest BCUT2D eigenvalue weighted by Crippen LogP contribution is -2.32. The summed E-state index contributed by atoms with van der Waals surface area (Å²) >= 11 is 0. The number of hydrogen-bond donors (Lipinski definition) is 1. The molecule has 6 rings (SSSR count). The number of fused-ring (bicyclic) bond motifs is 3. The number of rotatable bonds is 4. The monoisotopic (exact) mass is 512 g/mol. The van der Waals surface area contributed by atoms with Gasteiger partial charge in [0.2, 0.25) is 0 Å². The van der Waals surface area contributed by atoms with Gasteiger partial charge in [0.05, 0.1) is 12.1 Å². The van der Waals surface area contributed by atoms with Crippen LogP contribution in [0.5, 0.6) is 5.75 Å². The number of carbonyl (C=O) groups excluding carboxylic acids is 1. The van der Waals surface area contributed by atoms with Gasteiger partial charge in [-0.25, -0.2) is 19.9 Å². The average Bonchev–Trinajstić information content (AvgIpc) is 3.12. The van der Waals surface area contributed by atoms with Gasteiger partial charge in [-0.3, -0.25) is 4.79 Å². The van der Waals surface area contributed by atoms with Crippen molar-refractivity contribution < 1.29 is 14.3 Å². The van der Waals surface area contributed by atoms with Gasteiger partial charge in [-0.15, -0.1) is 0 Å². The number of aromatic amines is 1. The Kier molecular flexibility index (Phi) is 6.01. The van der Waals surface area contributed by atoms with Crippen LogP contribution in [0.2, 0.25) is 0 Å². The fourth-order valence-electron chi connectivity index (χ4n) is 5.40. The lowest BCUT2D eigenvalue weighted by atomic mass is 9.76. The summed E-state index contributed by atoms with van der Waals surface area (Å²) in [7, 11) is 0. The first kappa shape index (κ1) is 24.3. The minimum Gasteiger partial charge on any atom is -0.491 e. The van der Waals surface area contributed by atoms with Crippen LogP contribution < -0.4 is 9.64 Å². The third-order valence-electron chi connectivity index (χ3n) is 7.34. The molecule has 0 radical (unpaired) electrons. The molecule has 0 unspecified atom stereocenters. The third kappa shape index (κ3) is 4.80. The Hall–Kier alpha value is -4.01. The fourth-order valence-corrected chi connectivity index (χ4v) is 5.40. The number of nitrogens with one attached hydrogen (secondary N) is 1. The standard InChI is InChI=1S/C29H32N6O3/c1-17-31-24-12-20(14-30-27(24)32-17)19-5-6-25-21(11-19)15-35(9-10-37-25)28-22-13-29(3,4)8-7-23(22)33-26(34-28)16-38-18(2)36/h5-6,11-12,14H,7-10,13,15-16H2,1-4H3,(H,30,31,32). The van der Waals surface area contributed by atoms with E-state index in [2.05, 4.69) is 51.9 Å². The molecule has 0 spiro atoms. The van der Waals surface area contributed by atoms with Gasteiger partial charge in [-0.05, 0) is 55.4 Å². The van der Waals surface area contributed by atoms with E-state index >= 15 is 0 Å². The molecule has 1 aliphatic carbocycles. The molecule has 9 heteroatoms. The normalized spacial score (nSPS) is 16.4. The summed E-state index contributed by atoms with van der Waals surface area (Å²) in [4.78, 5) is 35.7. The van der Waals surface area contributed by atoms with Crippen molar-refractivity contribution in [1.82, 2.24) is 24.9 Å². The number of esters is 1. The molecule has 0 amide bonds. The number of aromatic nitrogens is 5. The van der Waals surface area contributed by atoms with E-state index in [0.717, 1.165) is 70.2 Å². The Labute approximate surface area is 221 Å². The van der Waals surface area contributed by atoms with Crippen molar-refractivity contribution in [2.75, 3.05) is 18.1 Å². The number of carbonyl (C=O) groups is 1. The van der Waals surface area contributed by atoms with Crippen molar-refractivity contribution in [2.24, 2.45) is 5.41 Å². The number of H-pyrrole nitrogens is 1. The van der Waals surface area contributed by atoms with Crippen LogP contribution >= 0.6 is 0 Å². The van der Waals surface area contributed by atoms with Gasteiger partial charge >= 0.3 is 5.97 Å². The molecule has 0 atom stereocenters. The molecule has 2 aliphatic rings. The molecule has 4 heterocycles. The quantitative estimate of drug-likeness (QED) is 0.392. The highest BCUT2D eigenvalue weighted by atomic mass is 16.5. The number of nitrogens with zero attached hydrogens (tertiary/aromatic N) is 5. The Bertz CT molecular complexity index is 1540. The van der Waals surface area contributed by atoms with Crippen LogP contribution in [0.25, 0.3) is 22.3 Å². The number of benzene rings is 1. The molecule has 1 N–H and O–H groups in total. The van der Waals surface area contributed by atoms with E-state index in [1.54, 1.807) is 0 Å². The largest absolute Gasteiger partial charge is 0.491 e. The first-order valence-electron chi connectivity index (χ1n) is 13.1.